The van der Waals surface area contributed by atoms with Crippen LogP contribution < -0.4 is 21.0 Å². The number of aromatic amines is 1. The van der Waals surface area contributed by atoms with Crippen LogP contribution in [0.4, 0.5) is 0 Å². The normalized spacial score (nSPS) is 15.8. The highest BCUT2D eigenvalue weighted by Gasteiger charge is 2.15. The molecule has 0 spiro atoms. The number of hydrogen-bond donors (Lipinski definition) is 1. The van der Waals surface area contributed by atoms with E-state index in [-0.39, 0.29) is 11.7 Å². The average Bonchev–Trinajstić information content (AvgIpc) is 3.00. The minimum Gasteiger partial charge on any atom is -0.497 e. The van der Waals surface area contributed by atoms with Crippen LogP contribution in [0.25, 0.3) is 10.9 Å². The van der Waals surface area contributed by atoms with Crippen LogP contribution in [-0.4, -0.2) is 18.3 Å². The van der Waals surface area contributed by atoms with Gasteiger partial charge in [0.15, 0.2) is 5.36 Å². The van der Waals surface area contributed by atoms with Crippen molar-refractivity contribution in [2.75, 3.05) is 7.11 Å². The molecule has 1 atom stereocenters. The van der Waals surface area contributed by atoms with Crippen LogP contribution in [0, 0.1) is 0 Å². The third-order valence-corrected chi connectivity index (χ3v) is 4.00. The fraction of sp³-hybridized carbons (Fsp3) is 0.167. The number of benzene rings is 2. The highest BCUT2D eigenvalue weighted by atomic mass is 16.5. The summed E-state index contributed by atoms with van der Waals surface area (Å²) in [5, 5.41) is 2.06. The second kappa shape index (κ2) is 5.35. The fourth-order valence-corrected chi connectivity index (χ4v) is 2.86. The first-order chi connectivity index (χ1) is 11.2. The number of fused-ring (bicyclic) bond motifs is 3. The topological polar surface area (TPSA) is 66.8 Å². The minimum absolute atomic E-state index is 0.181. The first-order valence-electron chi connectivity index (χ1n) is 7.44. The summed E-state index contributed by atoms with van der Waals surface area (Å²) in [6.07, 6.45) is 0.400. The summed E-state index contributed by atoms with van der Waals surface area (Å²) in [5.41, 5.74) is 1.72. The molecule has 0 saturated heterocycles. The molecule has 5 heteroatoms. The molecular weight excluding hydrogens is 290 g/mol. The predicted octanol–water partition coefficient (Wildman–Crippen LogP) is 1.36. The fourth-order valence-electron chi connectivity index (χ4n) is 2.86. The second-order valence-electron chi connectivity index (χ2n) is 5.49. The Kier molecular flexibility index (Phi) is 3.19. The molecule has 2 aromatic carbocycles. The molecule has 1 N–H and O–H groups in total. The molecule has 0 aliphatic carbocycles. The van der Waals surface area contributed by atoms with Crippen LogP contribution in [0.5, 0.6) is 5.75 Å². The molecule has 3 aromatic rings. The summed E-state index contributed by atoms with van der Waals surface area (Å²) in [4.78, 5) is 24.2. The van der Waals surface area contributed by atoms with Gasteiger partial charge in [0.25, 0.3) is 5.56 Å². The van der Waals surface area contributed by atoms with E-state index >= 15 is 0 Å². The van der Waals surface area contributed by atoms with Gasteiger partial charge in [0.1, 0.15) is 17.3 Å². The lowest BCUT2D eigenvalue weighted by Crippen LogP contribution is -2.39. The van der Waals surface area contributed by atoms with E-state index in [4.69, 9.17) is 4.74 Å². The SMILES string of the molecule is COc1ccc(CC2N=c3c(=O)[nH]c4ccccc4c3=N2)cc1. The molecule has 2 heterocycles. The smallest absolute Gasteiger partial charge is 0.276 e. The molecule has 1 aromatic heterocycles. The standard InChI is InChI=1S/C18H15N3O2/c1-23-12-8-6-11(7-9-12)10-15-20-16-13-4-2-3-5-14(13)19-18(22)17(16)21-15/h2-9,15H,10H2,1H3,(H,19,22). The van der Waals surface area contributed by atoms with Crippen molar-refractivity contribution in [2.45, 2.75) is 12.6 Å². The van der Waals surface area contributed by atoms with Gasteiger partial charge in [-0.15, -0.1) is 0 Å². The van der Waals surface area contributed by atoms with Crippen molar-refractivity contribution in [3.05, 3.63) is 75.2 Å². The van der Waals surface area contributed by atoms with Crippen LogP contribution in [0.15, 0.2) is 63.3 Å². The van der Waals surface area contributed by atoms with E-state index in [1.165, 1.54) is 0 Å². The first-order valence-corrected chi connectivity index (χ1v) is 7.44. The van der Waals surface area contributed by atoms with Crippen molar-refractivity contribution in [3.8, 4) is 5.75 Å². The van der Waals surface area contributed by atoms with Crippen molar-refractivity contribution in [1.29, 1.82) is 0 Å². The number of para-hydroxylation sites is 1. The van der Waals surface area contributed by atoms with Gasteiger partial charge in [0.05, 0.1) is 12.6 Å². The van der Waals surface area contributed by atoms with Gasteiger partial charge in [-0.25, -0.2) is 0 Å². The Labute approximate surface area is 132 Å². The zero-order chi connectivity index (χ0) is 15.8. The van der Waals surface area contributed by atoms with Gasteiger partial charge in [-0.05, 0) is 23.8 Å². The third-order valence-electron chi connectivity index (χ3n) is 4.00. The number of rotatable bonds is 3. The van der Waals surface area contributed by atoms with E-state index in [1.807, 2.05) is 48.5 Å². The second-order valence-corrected chi connectivity index (χ2v) is 5.49. The van der Waals surface area contributed by atoms with Gasteiger partial charge >= 0.3 is 0 Å². The molecule has 1 unspecified atom stereocenters. The van der Waals surface area contributed by atoms with E-state index in [9.17, 15) is 4.79 Å². The van der Waals surface area contributed by atoms with Crippen LogP contribution >= 0.6 is 0 Å². The summed E-state index contributed by atoms with van der Waals surface area (Å²) in [5.74, 6) is 0.819. The minimum atomic E-state index is -0.259. The Morgan fingerprint density at radius 1 is 1.04 bits per heavy atom. The zero-order valence-corrected chi connectivity index (χ0v) is 12.6. The number of aromatic nitrogens is 1. The predicted molar refractivity (Wildman–Crippen MR) is 87.4 cm³/mol. The molecule has 0 radical (unpaired) electrons. The Hall–Kier alpha value is -2.95. The number of H-pyrrole nitrogens is 1. The molecule has 1 aliphatic rings. The lowest BCUT2D eigenvalue weighted by molar-refractivity contribution is 0.414. The Morgan fingerprint density at radius 3 is 2.57 bits per heavy atom. The molecule has 0 amide bonds. The maximum atomic E-state index is 12.2. The zero-order valence-electron chi connectivity index (χ0n) is 12.6. The highest BCUT2D eigenvalue weighted by molar-refractivity contribution is 5.77. The summed E-state index contributed by atoms with van der Waals surface area (Å²) >= 11 is 0. The number of ether oxygens (including phenoxy) is 1. The van der Waals surface area contributed by atoms with Gasteiger partial charge in [-0.2, -0.15) is 0 Å². The number of hydrogen-bond acceptors (Lipinski definition) is 4. The molecule has 0 fully saturated rings. The number of methoxy groups -OCH3 is 1. The molecular formula is C18H15N3O2. The van der Waals surface area contributed by atoms with Crippen LogP contribution in [-0.2, 0) is 6.42 Å². The van der Waals surface area contributed by atoms with Crippen molar-refractivity contribution in [2.24, 2.45) is 9.98 Å². The number of nitrogens with one attached hydrogen (secondary N) is 1. The summed E-state index contributed by atoms with van der Waals surface area (Å²) in [6.45, 7) is 0. The van der Waals surface area contributed by atoms with Crippen molar-refractivity contribution in [3.63, 3.8) is 0 Å². The number of pyridine rings is 1. The van der Waals surface area contributed by atoms with Gasteiger partial charge in [0.2, 0.25) is 0 Å². The maximum absolute atomic E-state index is 12.2. The molecule has 4 rings (SSSR count). The van der Waals surface area contributed by atoms with E-state index in [2.05, 4.69) is 15.0 Å². The van der Waals surface area contributed by atoms with Crippen molar-refractivity contribution >= 4 is 10.9 Å². The van der Waals surface area contributed by atoms with Gasteiger partial charge in [-0.1, -0.05) is 30.3 Å². The van der Waals surface area contributed by atoms with E-state index < -0.39 is 0 Å². The summed E-state index contributed by atoms with van der Waals surface area (Å²) in [7, 11) is 1.64. The van der Waals surface area contributed by atoms with E-state index in [1.54, 1.807) is 7.11 Å². The van der Waals surface area contributed by atoms with E-state index in [0.29, 0.717) is 17.1 Å². The molecule has 5 nitrogen and oxygen atoms in total. The Balaban J connectivity index is 1.76. The lowest BCUT2D eigenvalue weighted by Gasteiger charge is -2.05. The maximum Gasteiger partial charge on any atom is 0.276 e. The van der Waals surface area contributed by atoms with Gasteiger partial charge in [0, 0.05) is 11.8 Å². The van der Waals surface area contributed by atoms with E-state index in [0.717, 1.165) is 22.2 Å². The van der Waals surface area contributed by atoms with Gasteiger partial charge < -0.3 is 9.72 Å². The molecule has 0 saturated carbocycles. The third kappa shape index (κ3) is 2.40. The Morgan fingerprint density at radius 2 is 1.78 bits per heavy atom. The summed E-state index contributed by atoms with van der Waals surface area (Å²) in [6, 6.07) is 15.5. The first kappa shape index (κ1) is 13.7. The van der Waals surface area contributed by atoms with Crippen molar-refractivity contribution < 1.29 is 4.74 Å². The lowest BCUT2D eigenvalue weighted by atomic mass is 10.1. The quantitative estimate of drug-likeness (QED) is 0.794. The Bertz CT molecular complexity index is 1050. The molecule has 114 valence electrons. The van der Waals surface area contributed by atoms with Crippen LogP contribution in [0.1, 0.15) is 5.56 Å². The highest BCUT2D eigenvalue weighted by Crippen LogP contribution is 2.14. The number of nitrogens with zero attached hydrogens (tertiary/aromatic N) is 2. The average molecular weight is 305 g/mol. The monoisotopic (exact) mass is 305 g/mol. The van der Waals surface area contributed by atoms with Crippen molar-refractivity contribution in [1.82, 2.24) is 4.98 Å². The van der Waals surface area contributed by atoms with Crippen LogP contribution in [0.2, 0.25) is 0 Å². The largest absolute Gasteiger partial charge is 0.497 e. The van der Waals surface area contributed by atoms with Gasteiger partial charge in [-0.3, -0.25) is 14.8 Å². The molecule has 23 heavy (non-hydrogen) atoms. The molecule has 1 aliphatic heterocycles. The van der Waals surface area contributed by atoms with Crippen LogP contribution in [0.3, 0.4) is 0 Å². The summed E-state index contributed by atoms with van der Waals surface area (Å²) < 4.78 is 5.16. The molecule has 0 bridgehead atoms.